The van der Waals surface area contributed by atoms with Crippen LogP contribution in [0.15, 0.2) is 12.1 Å². The van der Waals surface area contributed by atoms with Crippen LogP contribution < -0.4 is 5.30 Å². The van der Waals surface area contributed by atoms with Crippen LogP contribution in [0.5, 0.6) is 0 Å². The lowest BCUT2D eigenvalue weighted by atomic mass is 9.75. The Kier molecular flexibility index (Phi) is 9.00. The number of rotatable bonds is 4. The van der Waals surface area contributed by atoms with Crippen molar-refractivity contribution in [3.8, 4) is 0 Å². The Bertz CT molecular complexity index is 748. The minimum absolute atomic E-state index is 0.0153. The van der Waals surface area contributed by atoms with Crippen LogP contribution >= 0.6 is 16.1 Å². The van der Waals surface area contributed by atoms with Gasteiger partial charge in [0.05, 0.1) is 0 Å². The smallest absolute Gasteiger partial charge is 0.00931 e. The summed E-state index contributed by atoms with van der Waals surface area (Å²) >= 11 is 0. The van der Waals surface area contributed by atoms with Crippen molar-refractivity contribution in [1.82, 2.24) is 0 Å². The minimum atomic E-state index is 0.0153. The summed E-state index contributed by atoms with van der Waals surface area (Å²) in [6.45, 7) is 21.6. The van der Waals surface area contributed by atoms with Crippen LogP contribution in [0.1, 0.15) is 143 Å². The van der Waals surface area contributed by atoms with Crippen LogP contribution in [0.3, 0.4) is 0 Å². The van der Waals surface area contributed by atoms with E-state index >= 15 is 0 Å². The molecule has 1 aromatic rings. The molecule has 2 heteroatoms. The molecule has 0 nitrogen and oxygen atoms in total. The van der Waals surface area contributed by atoms with Gasteiger partial charge in [0.15, 0.2) is 0 Å². The van der Waals surface area contributed by atoms with Gasteiger partial charge in [0.2, 0.25) is 0 Å². The molecule has 0 saturated heterocycles. The molecular formula is C31H52P2. The summed E-state index contributed by atoms with van der Waals surface area (Å²) in [5, 5.41) is 1.63. The highest BCUT2D eigenvalue weighted by Gasteiger charge is 2.31. The standard InChI is InChI=1S/C31H52P2/c1-29(2,3)23-20-26(30(4,5)6)28(27(21-23)31(7,8)9)32-22-33(24-16-12-10-13-17-24)25-18-14-11-15-19-25/h20-22,24-25H,10-19H2,1-9H3. The summed E-state index contributed by atoms with van der Waals surface area (Å²) < 4.78 is 0. The van der Waals surface area contributed by atoms with Crippen molar-refractivity contribution in [2.45, 2.75) is 154 Å². The molecule has 0 spiro atoms. The summed E-state index contributed by atoms with van der Waals surface area (Å²) in [6, 6.07) is 5.13. The van der Waals surface area contributed by atoms with Gasteiger partial charge in [0.1, 0.15) is 0 Å². The fraction of sp³-hybridized carbons (Fsp3) is 0.774. The van der Waals surface area contributed by atoms with E-state index in [0.717, 1.165) is 11.3 Å². The zero-order chi connectivity index (χ0) is 24.4. The first-order valence-corrected chi connectivity index (χ1v) is 16.3. The monoisotopic (exact) mass is 486 g/mol. The first kappa shape index (κ1) is 27.4. The molecule has 0 unspecified atom stereocenters. The molecule has 2 aliphatic carbocycles. The van der Waals surface area contributed by atoms with Crippen LogP contribution in [-0.2, 0) is 16.2 Å². The van der Waals surface area contributed by atoms with Gasteiger partial charge in [-0.05, 0) is 75.5 Å². The predicted octanol–water partition coefficient (Wildman–Crippen LogP) is 10.1. The molecule has 33 heavy (non-hydrogen) atoms. The lowest BCUT2D eigenvalue weighted by Crippen LogP contribution is -2.30. The van der Waals surface area contributed by atoms with Gasteiger partial charge < -0.3 is 0 Å². The highest BCUT2D eigenvalue weighted by molar-refractivity contribution is 7.84. The average molecular weight is 487 g/mol. The van der Waals surface area contributed by atoms with E-state index in [1.807, 2.05) is 0 Å². The molecule has 2 saturated carbocycles. The molecular weight excluding hydrogens is 434 g/mol. The van der Waals surface area contributed by atoms with E-state index in [-0.39, 0.29) is 24.2 Å². The van der Waals surface area contributed by atoms with Crippen molar-refractivity contribution < 1.29 is 0 Å². The summed E-state index contributed by atoms with van der Waals surface area (Å²) in [7, 11) is 1.52. The zero-order valence-corrected chi connectivity index (χ0v) is 25.1. The first-order valence-electron chi connectivity index (χ1n) is 13.8. The summed E-state index contributed by atoms with van der Waals surface area (Å²) in [4.78, 5) is 0. The van der Waals surface area contributed by atoms with Crippen LogP contribution in [0.25, 0.3) is 0 Å². The molecule has 2 fully saturated rings. The molecule has 0 aliphatic heterocycles. The van der Waals surface area contributed by atoms with Crippen molar-refractivity contribution in [3.05, 3.63) is 28.8 Å². The molecule has 0 atom stereocenters. The molecule has 0 amide bonds. The van der Waals surface area contributed by atoms with Gasteiger partial charge in [-0.1, -0.05) is 129 Å². The first-order chi connectivity index (χ1) is 15.3. The Balaban J connectivity index is 2.11. The second kappa shape index (κ2) is 10.8. The van der Waals surface area contributed by atoms with E-state index in [9.17, 15) is 0 Å². The topological polar surface area (TPSA) is 0 Å². The predicted molar refractivity (Wildman–Crippen MR) is 156 cm³/mol. The third kappa shape index (κ3) is 7.17. The summed E-state index contributed by atoms with van der Waals surface area (Å²) in [5.41, 5.74) is 10.0. The SMILES string of the molecule is CC(C)(C)c1cc(C(C)(C)C)c(P=CP(C2CCCCC2)C2CCCCC2)c(C(C)(C)C)c1. The highest BCUT2D eigenvalue weighted by Crippen LogP contribution is 2.55. The lowest BCUT2D eigenvalue weighted by Gasteiger charge is -2.37. The van der Waals surface area contributed by atoms with Crippen molar-refractivity contribution in [1.29, 1.82) is 0 Å². The van der Waals surface area contributed by atoms with Gasteiger partial charge in [0, 0.05) is 5.30 Å². The quantitative estimate of drug-likeness (QED) is 0.371. The molecule has 3 rings (SSSR count). The highest BCUT2D eigenvalue weighted by atomic mass is 31.1. The molecule has 2 aliphatic rings. The van der Waals surface area contributed by atoms with Crippen LogP contribution in [0.4, 0.5) is 0 Å². The van der Waals surface area contributed by atoms with Gasteiger partial charge in [-0.3, -0.25) is 0 Å². The van der Waals surface area contributed by atoms with Gasteiger partial charge in [-0.25, -0.2) is 0 Å². The second-order valence-corrected chi connectivity index (χ2v) is 17.9. The van der Waals surface area contributed by atoms with Gasteiger partial charge >= 0.3 is 0 Å². The van der Waals surface area contributed by atoms with Crippen molar-refractivity contribution in [2.75, 3.05) is 0 Å². The van der Waals surface area contributed by atoms with Crippen LogP contribution in [0.2, 0.25) is 0 Å². The Hall–Kier alpha value is -0.180. The number of benzene rings is 1. The zero-order valence-electron chi connectivity index (χ0n) is 23.4. The minimum Gasteiger partial charge on any atom is -0.0719 e. The summed E-state index contributed by atoms with van der Waals surface area (Å²) in [5.74, 6) is 0. The fourth-order valence-electron chi connectivity index (χ4n) is 5.72. The molecule has 0 heterocycles. The Labute approximate surface area is 209 Å². The Morgan fingerprint density at radius 1 is 0.636 bits per heavy atom. The maximum Gasteiger partial charge on any atom is 0.00931 e. The van der Waals surface area contributed by atoms with Gasteiger partial charge in [-0.15, -0.1) is 0 Å². The lowest BCUT2D eigenvalue weighted by molar-refractivity contribution is 0.488. The molecule has 0 radical (unpaired) electrons. The van der Waals surface area contributed by atoms with E-state index < -0.39 is 0 Å². The maximum atomic E-state index is 2.87. The number of hydrogen-bond donors (Lipinski definition) is 0. The third-order valence-corrected chi connectivity index (χ3v) is 12.9. The van der Waals surface area contributed by atoms with Crippen LogP contribution in [0, 0.1) is 0 Å². The normalized spacial score (nSPS) is 20.2. The second-order valence-electron chi connectivity index (χ2n) is 13.9. The van der Waals surface area contributed by atoms with Gasteiger partial charge in [0.25, 0.3) is 0 Å². The Morgan fingerprint density at radius 3 is 1.36 bits per heavy atom. The fourth-order valence-corrected chi connectivity index (χ4v) is 11.8. The molecule has 0 aromatic heterocycles. The van der Waals surface area contributed by atoms with Crippen LogP contribution in [-0.4, -0.2) is 16.9 Å². The largest absolute Gasteiger partial charge is 0.0719 e. The van der Waals surface area contributed by atoms with E-state index in [4.69, 9.17) is 0 Å². The average Bonchev–Trinajstić information content (AvgIpc) is 2.73. The van der Waals surface area contributed by atoms with Crippen molar-refractivity contribution in [2.24, 2.45) is 0 Å². The molecule has 1 aromatic carbocycles. The maximum absolute atomic E-state index is 2.87. The van der Waals surface area contributed by atoms with E-state index in [2.05, 4.69) is 80.0 Å². The number of hydrogen-bond acceptors (Lipinski definition) is 0. The van der Waals surface area contributed by atoms with Crippen molar-refractivity contribution in [3.63, 3.8) is 0 Å². The molecule has 0 bridgehead atoms. The third-order valence-electron chi connectivity index (χ3n) is 7.90. The molecule has 186 valence electrons. The van der Waals surface area contributed by atoms with E-state index in [1.54, 1.807) is 16.4 Å². The Morgan fingerprint density at radius 2 is 1.03 bits per heavy atom. The molecule has 0 N–H and O–H groups in total. The summed E-state index contributed by atoms with van der Waals surface area (Å²) in [6.07, 6.45) is 14.8. The van der Waals surface area contributed by atoms with E-state index in [1.165, 1.54) is 78.0 Å². The van der Waals surface area contributed by atoms with Crippen molar-refractivity contribution >= 4 is 27.0 Å². The van der Waals surface area contributed by atoms with E-state index in [0.29, 0.717) is 0 Å². The van der Waals surface area contributed by atoms with Gasteiger partial charge in [-0.2, -0.15) is 0 Å².